The number of carbonyl (C=O) groups is 1. The molecule has 2 aromatic carbocycles. The molecule has 2 rings (SSSR count). The Hall–Kier alpha value is -1.37. The largest absolute Gasteiger partial charge is 0.416 e. The molecular formula is C15H10F3IO. The molecule has 1 nitrogen and oxygen atoms in total. The Balaban J connectivity index is 2.11. The van der Waals surface area contributed by atoms with Crippen molar-refractivity contribution >= 4 is 28.4 Å². The number of halogens is 4. The van der Waals surface area contributed by atoms with Crippen LogP contribution in [0.1, 0.15) is 21.5 Å². The van der Waals surface area contributed by atoms with Gasteiger partial charge >= 0.3 is 6.18 Å². The van der Waals surface area contributed by atoms with Gasteiger partial charge in [-0.2, -0.15) is 13.2 Å². The van der Waals surface area contributed by atoms with Crippen molar-refractivity contribution in [1.82, 2.24) is 0 Å². The van der Waals surface area contributed by atoms with Gasteiger partial charge in [0.05, 0.1) is 5.56 Å². The van der Waals surface area contributed by atoms with Gasteiger partial charge in [-0.3, -0.25) is 4.79 Å². The third kappa shape index (κ3) is 3.82. The van der Waals surface area contributed by atoms with Crippen LogP contribution < -0.4 is 0 Å². The monoisotopic (exact) mass is 390 g/mol. The molecule has 20 heavy (non-hydrogen) atoms. The first-order valence-corrected chi connectivity index (χ1v) is 6.89. The van der Waals surface area contributed by atoms with Crippen LogP contribution >= 0.6 is 22.6 Å². The van der Waals surface area contributed by atoms with Crippen LogP contribution in [0.2, 0.25) is 0 Å². The van der Waals surface area contributed by atoms with Crippen LogP contribution in [0.4, 0.5) is 13.2 Å². The van der Waals surface area contributed by atoms with E-state index in [9.17, 15) is 18.0 Å². The van der Waals surface area contributed by atoms with E-state index in [4.69, 9.17) is 0 Å². The summed E-state index contributed by atoms with van der Waals surface area (Å²) < 4.78 is 38.3. The van der Waals surface area contributed by atoms with Crippen molar-refractivity contribution in [2.24, 2.45) is 0 Å². The highest BCUT2D eigenvalue weighted by molar-refractivity contribution is 14.1. The Morgan fingerprint density at radius 2 is 1.50 bits per heavy atom. The first-order chi connectivity index (χ1) is 9.36. The van der Waals surface area contributed by atoms with Crippen molar-refractivity contribution in [3.63, 3.8) is 0 Å². The van der Waals surface area contributed by atoms with E-state index >= 15 is 0 Å². The first kappa shape index (κ1) is 15.0. The van der Waals surface area contributed by atoms with Crippen molar-refractivity contribution in [2.75, 3.05) is 0 Å². The molecule has 0 atom stereocenters. The number of ketones is 1. The van der Waals surface area contributed by atoms with E-state index in [-0.39, 0.29) is 17.8 Å². The Morgan fingerprint density at radius 3 is 2.00 bits per heavy atom. The second kappa shape index (κ2) is 5.95. The van der Waals surface area contributed by atoms with Crippen molar-refractivity contribution in [3.05, 3.63) is 68.8 Å². The fourth-order valence-electron chi connectivity index (χ4n) is 1.73. The minimum Gasteiger partial charge on any atom is -0.294 e. The summed E-state index contributed by atoms with van der Waals surface area (Å²) in [5, 5.41) is 0. The van der Waals surface area contributed by atoms with Crippen LogP contribution in [-0.4, -0.2) is 5.78 Å². The second-order valence-electron chi connectivity index (χ2n) is 4.30. The van der Waals surface area contributed by atoms with E-state index in [1.165, 1.54) is 12.1 Å². The molecule has 0 saturated carbocycles. The number of benzene rings is 2. The zero-order valence-electron chi connectivity index (χ0n) is 10.2. The van der Waals surface area contributed by atoms with Gasteiger partial charge in [-0.1, -0.05) is 24.3 Å². The van der Waals surface area contributed by atoms with Crippen LogP contribution in [0.25, 0.3) is 0 Å². The highest BCUT2D eigenvalue weighted by atomic mass is 127. The fourth-order valence-corrected chi connectivity index (χ4v) is 2.09. The normalized spacial score (nSPS) is 11.4. The summed E-state index contributed by atoms with van der Waals surface area (Å²) in [5.74, 6) is -0.195. The maximum atomic E-state index is 12.4. The summed E-state index contributed by atoms with van der Waals surface area (Å²) in [6.45, 7) is 0. The van der Waals surface area contributed by atoms with Gasteiger partial charge in [-0.15, -0.1) is 0 Å². The molecule has 0 heterocycles. The molecule has 0 aromatic heterocycles. The SMILES string of the molecule is O=C(Cc1ccc(I)cc1)c1ccc(C(F)(F)F)cc1. The van der Waals surface area contributed by atoms with Gasteiger partial charge in [0.1, 0.15) is 0 Å². The number of Topliss-reactive ketones (excluding diaryl/α,β-unsaturated/α-hetero) is 1. The lowest BCUT2D eigenvalue weighted by Crippen LogP contribution is -2.07. The molecule has 0 saturated heterocycles. The summed E-state index contributed by atoms with van der Waals surface area (Å²) >= 11 is 2.16. The quantitative estimate of drug-likeness (QED) is 0.547. The Labute approximate surface area is 128 Å². The molecule has 0 N–H and O–H groups in total. The van der Waals surface area contributed by atoms with Gasteiger partial charge in [0, 0.05) is 15.6 Å². The standard InChI is InChI=1S/C15H10F3IO/c16-15(17,18)12-5-3-11(4-6-12)14(20)9-10-1-7-13(19)8-2-10/h1-8H,9H2. The molecule has 0 unspecified atom stereocenters. The molecule has 2 aromatic rings. The third-order valence-corrected chi connectivity index (χ3v) is 3.53. The van der Waals surface area contributed by atoms with Crippen LogP contribution in [0.5, 0.6) is 0 Å². The maximum Gasteiger partial charge on any atom is 0.416 e. The molecule has 0 spiro atoms. The van der Waals surface area contributed by atoms with Crippen molar-refractivity contribution in [2.45, 2.75) is 12.6 Å². The second-order valence-corrected chi connectivity index (χ2v) is 5.55. The van der Waals surface area contributed by atoms with E-state index in [0.29, 0.717) is 0 Å². The van der Waals surface area contributed by atoms with Crippen LogP contribution in [0.15, 0.2) is 48.5 Å². The summed E-state index contributed by atoms with van der Waals surface area (Å²) in [6.07, 6.45) is -4.19. The molecule has 0 bridgehead atoms. The van der Waals surface area contributed by atoms with E-state index in [0.717, 1.165) is 21.3 Å². The van der Waals surface area contributed by atoms with Crippen molar-refractivity contribution < 1.29 is 18.0 Å². The van der Waals surface area contributed by atoms with E-state index in [2.05, 4.69) is 22.6 Å². The molecule has 0 fully saturated rings. The van der Waals surface area contributed by atoms with E-state index < -0.39 is 11.7 Å². The predicted octanol–water partition coefficient (Wildman–Crippen LogP) is 4.74. The lowest BCUT2D eigenvalue weighted by Gasteiger charge is -2.07. The number of carbonyl (C=O) groups excluding carboxylic acids is 1. The lowest BCUT2D eigenvalue weighted by atomic mass is 10.0. The summed E-state index contributed by atoms with van der Waals surface area (Å²) in [7, 11) is 0. The van der Waals surface area contributed by atoms with Crippen LogP contribution in [0.3, 0.4) is 0 Å². The molecule has 5 heteroatoms. The van der Waals surface area contributed by atoms with Crippen molar-refractivity contribution in [3.8, 4) is 0 Å². The molecule has 104 valence electrons. The van der Waals surface area contributed by atoms with E-state index in [1.807, 2.05) is 24.3 Å². The van der Waals surface area contributed by atoms with Gasteiger partial charge < -0.3 is 0 Å². The zero-order valence-corrected chi connectivity index (χ0v) is 12.4. The lowest BCUT2D eigenvalue weighted by molar-refractivity contribution is -0.137. The number of alkyl halides is 3. The number of hydrogen-bond acceptors (Lipinski definition) is 1. The van der Waals surface area contributed by atoms with Crippen molar-refractivity contribution in [1.29, 1.82) is 0 Å². The minimum absolute atomic E-state index is 0.183. The van der Waals surface area contributed by atoms with Crippen LogP contribution in [0, 0.1) is 3.57 Å². The Morgan fingerprint density at radius 1 is 0.950 bits per heavy atom. The van der Waals surface area contributed by atoms with Crippen LogP contribution in [-0.2, 0) is 12.6 Å². The van der Waals surface area contributed by atoms with Gasteiger partial charge in [0.25, 0.3) is 0 Å². The van der Waals surface area contributed by atoms with E-state index in [1.54, 1.807) is 0 Å². The first-order valence-electron chi connectivity index (χ1n) is 5.81. The predicted molar refractivity (Wildman–Crippen MR) is 78.6 cm³/mol. The summed E-state index contributed by atoms with van der Waals surface area (Å²) in [6, 6.07) is 11.7. The zero-order chi connectivity index (χ0) is 14.8. The third-order valence-electron chi connectivity index (χ3n) is 2.81. The molecular weight excluding hydrogens is 380 g/mol. The topological polar surface area (TPSA) is 17.1 Å². The maximum absolute atomic E-state index is 12.4. The summed E-state index contributed by atoms with van der Waals surface area (Å²) in [4.78, 5) is 12.0. The average molecular weight is 390 g/mol. The highest BCUT2D eigenvalue weighted by Crippen LogP contribution is 2.29. The molecule has 0 radical (unpaired) electrons. The van der Waals surface area contributed by atoms with Gasteiger partial charge in [-0.05, 0) is 52.4 Å². The molecule has 0 aliphatic rings. The highest BCUT2D eigenvalue weighted by Gasteiger charge is 2.30. The summed E-state index contributed by atoms with van der Waals surface area (Å²) in [5.41, 5.74) is 0.384. The smallest absolute Gasteiger partial charge is 0.294 e. The van der Waals surface area contributed by atoms with Gasteiger partial charge in [0.2, 0.25) is 0 Å². The fraction of sp³-hybridized carbons (Fsp3) is 0.133. The average Bonchev–Trinajstić information content (AvgIpc) is 2.40. The van der Waals surface area contributed by atoms with Gasteiger partial charge in [-0.25, -0.2) is 0 Å². The van der Waals surface area contributed by atoms with Gasteiger partial charge in [0.15, 0.2) is 5.78 Å². The number of rotatable bonds is 3. The Kier molecular flexibility index (Phi) is 4.47. The minimum atomic E-state index is -4.38. The Bertz CT molecular complexity index is 601. The molecule has 0 amide bonds. The molecule has 0 aliphatic carbocycles. The molecule has 0 aliphatic heterocycles. The number of hydrogen-bond donors (Lipinski definition) is 0.